The predicted octanol–water partition coefficient (Wildman–Crippen LogP) is 1.56. The van der Waals surface area contributed by atoms with Gasteiger partial charge in [-0.05, 0) is 24.6 Å². The third-order valence-electron chi connectivity index (χ3n) is 2.80. The fraction of sp³-hybridized carbons (Fsp3) is 0.250. The van der Waals surface area contributed by atoms with E-state index in [-0.39, 0.29) is 5.69 Å². The Morgan fingerprint density at radius 2 is 2.25 bits per heavy atom. The molecular weight excluding hydrogens is 283 g/mol. The van der Waals surface area contributed by atoms with E-state index in [1.165, 1.54) is 12.3 Å². The van der Waals surface area contributed by atoms with Crippen molar-refractivity contribution in [2.24, 2.45) is 0 Å². The Hall–Kier alpha value is -1.93. The lowest BCUT2D eigenvalue weighted by Gasteiger charge is -2.15. The lowest BCUT2D eigenvalue weighted by atomic mass is 10.2. The average molecular weight is 298 g/mol. The number of rotatable bonds is 5. The number of nitrogen functional groups attached to an aromatic ring is 1. The summed E-state index contributed by atoms with van der Waals surface area (Å²) in [6, 6.07) is 2.91. The van der Waals surface area contributed by atoms with Crippen molar-refractivity contribution in [2.75, 3.05) is 5.73 Å². The number of H-pyrrole nitrogens is 1. The van der Waals surface area contributed by atoms with Crippen molar-refractivity contribution < 1.29 is 12.8 Å². The third-order valence-corrected chi connectivity index (χ3v) is 4.31. The maximum atomic E-state index is 13.7. The van der Waals surface area contributed by atoms with Gasteiger partial charge in [0.25, 0.3) is 0 Å². The van der Waals surface area contributed by atoms with E-state index in [9.17, 15) is 12.8 Å². The normalized spacial score (nSPS) is 13.3. The molecule has 0 fully saturated rings. The van der Waals surface area contributed by atoms with Crippen LogP contribution < -0.4 is 10.5 Å². The summed E-state index contributed by atoms with van der Waals surface area (Å²) in [4.78, 5) is 6.41. The van der Waals surface area contributed by atoms with Gasteiger partial charge in [-0.25, -0.2) is 22.5 Å². The van der Waals surface area contributed by atoms with Crippen LogP contribution in [0.25, 0.3) is 0 Å². The molecule has 1 aromatic heterocycles. The van der Waals surface area contributed by atoms with Crippen LogP contribution in [0.15, 0.2) is 35.5 Å². The first-order valence-electron chi connectivity index (χ1n) is 6.00. The maximum absolute atomic E-state index is 13.7. The van der Waals surface area contributed by atoms with Crippen LogP contribution >= 0.6 is 0 Å². The van der Waals surface area contributed by atoms with Crippen LogP contribution in [-0.2, 0) is 10.0 Å². The largest absolute Gasteiger partial charge is 0.399 e. The molecule has 0 bridgehead atoms. The molecule has 8 heteroatoms. The minimum Gasteiger partial charge on any atom is -0.399 e. The number of aromatic amines is 1. The van der Waals surface area contributed by atoms with Gasteiger partial charge in [0.05, 0.1) is 6.04 Å². The quantitative estimate of drug-likeness (QED) is 0.729. The number of sulfonamides is 1. The average Bonchev–Trinajstić information content (AvgIpc) is 2.89. The predicted molar refractivity (Wildman–Crippen MR) is 72.8 cm³/mol. The molecule has 0 saturated carbocycles. The maximum Gasteiger partial charge on any atom is 0.244 e. The molecule has 108 valence electrons. The van der Waals surface area contributed by atoms with Crippen molar-refractivity contribution in [1.82, 2.24) is 14.7 Å². The number of hydrogen-bond acceptors (Lipinski definition) is 4. The highest BCUT2D eigenvalue weighted by molar-refractivity contribution is 7.89. The molecular formula is C12H15FN4O2S. The van der Waals surface area contributed by atoms with Gasteiger partial charge in [-0.1, -0.05) is 6.92 Å². The molecule has 2 rings (SSSR count). The number of halogens is 1. The zero-order chi connectivity index (χ0) is 14.8. The summed E-state index contributed by atoms with van der Waals surface area (Å²) in [5, 5.41) is 0. The first-order chi connectivity index (χ1) is 9.44. The Bertz CT molecular complexity index is 685. The van der Waals surface area contributed by atoms with E-state index < -0.39 is 26.8 Å². The van der Waals surface area contributed by atoms with Gasteiger partial charge < -0.3 is 10.7 Å². The molecule has 20 heavy (non-hydrogen) atoms. The number of anilines is 1. The highest BCUT2D eigenvalue weighted by atomic mass is 32.2. The molecule has 0 amide bonds. The van der Waals surface area contributed by atoms with Crippen LogP contribution in [0.1, 0.15) is 25.2 Å². The summed E-state index contributed by atoms with van der Waals surface area (Å²) in [7, 11) is -3.99. The van der Waals surface area contributed by atoms with Gasteiger partial charge in [0, 0.05) is 18.1 Å². The van der Waals surface area contributed by atoms with E-state index in [2.05, 4.69) is 14.7 Å². The molecule has 2 aromatic rings. The van der Waals surface area contributed by atoms with Gasteiger partial charge in [0.2, 0.25) is 10.0 Å². The third kappa shape index (κ3) is 2.97. The molecule has 0 saturated heterocycles. The highest BCUT2D eigenvalue weighted by Gasteiger charge is 2.24. The standard InChI is InChI=1S/C12H15FN4O2S/c1-2-10(12-15-5-6-16-12)17-20(18,19)11-4-3-8(14)7-9(11)13/h3-7,10,17H,2,14H2,1H3,(H,15,16). The van der Waals surface area contributed by atoms with E-state index in [4.69, 9.17) is 5.73 Å². The van der Waals surface area contributed by atoms with Gasteiger partial charge >= 0.3 is 0 Å². The van der Waals surface area contributed by atoms with Crippen LogP contribution in [0.5, 0.6) is 0 Å². The van der Waals surface area contributed by atoms with Crippen LogP contribution in [0.4, 0.5) is 10.1 Å². The zero-order valence-corrected chi connectivity index (χ0v) is 11.6. The lowest BCUT2D eigenvalue weighted by Crippen LogP contribution is -2.29. The number of benzene rings is 1. The van der Waals surface area contributed by atoms with Crippen molar-refractivity contribution in [3.8, 4) is 0 Å². The van der Waals surface area contributed by atoms with Crippen molar-refractivity contribution in [2.45, 2.75) is 24.3 Å². The smallest absolute Gasteiger partial charge is 0.244 e. The topological polar surface area (TPSA) is 101 Å². The molecule has 1 heterocycles. The van der Waals surface area contributed by atoms with Crippen LogP contribution in [0.2, 0.25) is 0 Å². The van der Waals surface area contributed by atoms with Gasteiger partial charge in [-0.3, -0.25) is 0 Å². The highest BCUT2D eigenvalue weighted by Crippen LogP contribution is 2.20. The van der Waals surface area contributed by atoms with Gasteiger partial charge in [0.1, 0.15) is 16.5 Å². The van der Waals surface area contributed by atoms with E-state index in [0.717, 1.165) is 12.1 Å². The second-order valence-corrected chi connectivity index (χ2v) is 5.93. The Morgan fingerprint density at radius 3 is 2.80 bits per heavy atom. The molecule has 1 atom stereocenters. The van der Waals surface area contributed by atoms with E-state index in [1.807, 2.05) is 0 Å². The number of aromatic nitrogens is 2. The van der Waals surface area contributed by atoms with Crippen LogP contribution in [0, 0.1) is 5.82 Å². The first-order valence-corrected chi connectivity index (χ1v) is 7.49. The number of nitrogens with two attached hydrogens (primary N) is 1. The second-order valence-electron chi connectivity index (χ2n) is 4.25. The summed E-state index contributed by atoms with van der Waals surface area (Å²) >= 11 is 0. The van der Waals surface area contributed by atoms with Crippen molar-refractivity contribution in [3.63, 3.8) is 0 Å². The summed E-state index contributed by atoms with van der Waals surface area (Å²) in [6.07, 6.45) is 3.59. The summed E-state index contributed by atoms with van der Waals surface area (Å²) < 4.78 is 40.5. The Labute approximate surface area is 116 Å². The first kappa shape index (κ1) is 14.5. The fourth-order valence-corrected chi connectivity index (χ4v) is 3.13. The number of imidazole rings is 1. The van der Waals surface area contributed by atoms with Gasteiger partial charge in [-0.15, -0.1) is 0 Å². The fourth-order valence-electron chi connectivity index (χ4n) is 1.79. The van der Waals surface area contributed by atoms with E-state index in [0.29, 0.717) is 12.2 Å². The monoisotopic (exact) mass is 298 g/mol. The molecule has 0 aliphatic heterocycles. The minimum absolute atomic E-state index is 0.166. The zero-order valence-electron chi connectivity index (χ0n) is 10.8. The summed E-state index contributed by atoms with van der Waals surface area (Å²) in [6.45, 7) is 1.80. The Morgan fingerprint density at radius 1 is 1.50 bits per heavy atom. The molecule has 0 aliphatic rings. The molecule has 1 unspecified atom stereocenters. The Balaban J connectivity index is 2.31. The Kier molecular flexibility index (Phi) is 4.05. The van der Waals surface area contributed by atoms with Crippen molar-refractivity contribution in [1.29, 1.82) is 0 Å². The van der Waals surface area contributed by atoms with Crippen LogP contribution in [-0.4, -0.2) is 18.4 Å². The van der Waals surface area contributed by atoms with E-state index >= 15 is 0 Å². The minimum atomic E-state index is -3.99. The summed E-state index contributed by atoms with van der Waals surface area (Å²) in [5.41, 5.74) is 5.57. The number of nitrogens with one attached hydrogen (secondary N) is 2. The molecule has 0 spiro atoms. The number of nitrogens with zero attached hydrogens (tertiary/aromatic N) is 1. The molecule has 0 radical (unpaired) electrons. The molecule has 6 nitrogen and oxygen atoms in total. The second kappa shape index (κ2) is 5.59. The SMILES string of the molecule is CCC(NS(=O)(=O)c1ccc(N)cc1F)c1ncc[nH]1. The molecule has 1 aromatic carbocycles. The molecule has 0 aliphatic carbocycles. The lowest BCUT2D eigenvalue weighted by molar-refractivity contribution is 0.527. The van der Waals surface area contributed by atoms with Gasteiger partial charge in [-0.2, -0.15) is 0 Å². The summed E-state index contributed by atoms with van der Waals surface area (Å²) in [5.74, 6) is -0.404. The van der Waals surface area contributed by atoms with Crippen LogP contribution in [0.3, 0.4) is 0 Å². The van der Waals surface area contributed by atoms with E-state index in [1.54, 1.807) is 13.1 Å². The number of hydrogen-bond donors (Lipinski definition) is 3. The van der Waals surface area contributed by atoms with Crippen molar-refractivity contribution >= 4 is 15.7 Å². The molecule has 4 N–H and O–H groups in total. The van der Waals surface area contributed by atoms with Gasteiger partial charge in [0.15, 0.2) is 0 Å². The van der Waals surface area contributed by atoms with Crippen molar-refractivity contribution in [3.05, 3.63) is 42.2 Å².